The lowest BCUT2D eigenvalue weighted by atomic mass is 10.1. The van der Waals surface area contributed by atoms with Crippen molar-refractivity contribution >= 4 is 11.8 Å². The summed E-state index contributed by atoms with van der Waals surface area (Å²) in [6.45, 7) is 2.54. The molecule has 114 valence electrons. The van der Waals surface area contributed by atoms with E-state index in [1.54, 1.807) is 7.05 Å². The van der Waals surface area contributed by atoms with Crippen molar-refractivity contribution < 1.29 is 9.59 Å². The van der Waals surface area contributed by atoms with Crippen LogP contribution < -0.4 is 10.6 Å². The second kappa shape index (κ2) is 7.04. The van der Waals surface area contributed by atoms with Crippen LogP contribution in [0.25, 0.3) is 0 Å². The van der Waals surface area contributed by atoms with Gasteiger partial charge in [0, 0.05) is 25.7 Å². The van der Waals surface area contributed by atoms with E-state index in [1.165, 1.54) is 4.90 Å². The molecule has 1 atom stereocenters. The molecule has 20 heavy (non-hydrogen) atoms. The van der Waals surface area contributed by atoms with E-state index in [4.69, 9.17) is 0 Å². The molecule has 0 aromatic heterocycles. The van der Waals surface area contributed by atoms with Gasteiger partial charge in [-0.1, -0.05) is 0 Å². The Balaban J connectivity index is 1.70. The number of carbonyl (C=O) groups is 2. The molecule has 6 nitrogen and oxygen atoms in total. The molecule has 0 bridgehead atoms. The number of rotatable bonds is 6. The van der Waals surface area contributed by atoms with Gasteiger partial charge in [-0.25, -0.2) is 0 Å². The van der Waals surface area contributed by atoms with Crippen molar-refractivity contribution in [2.75, 3.05) is 40.3 Å². The van der Waals surface area contributed by atoms with Crippen molar-refractivity contribution in [1.29, 1.82) is 0 Å². The smallest absolute Gasteiger partial charge is 0.239 e. The molecule has 1 saturated carbocycles. The summed E-state index contributed by atoms with van der Waals surface area (Å²) in [6.07, 6.45) is 4.42. The molecule has 1 heterocycles. The third-order valence-corrected chi connectivity index (χ3v) is 4.03. The number of nitrogens with zero attached hydrogens (tertiary/aromatic N) is 2. The average Bonchev–Trinajstić information content (AvgIpc) is 3.23. The lowest BCUT2D eigenvalue weighted by Gasteiger charge is -2.32. The molecule has 0 aromatic rings. The van der Waals surface area contributed by atoms with E-state index >= 15 is 0 Å². The minimum atomic E-state index is -0.0506. The molecular formula is C14H26N4O2. The Kier molecular flexibility index (Phi) is 5.37. The lowest BCUT2D eigenvalue weighted by molar-refractivity contribution is -0.135. The molecule has 6 heteroatoms. The first-order valence-electron chi connectivity index (χ1n) is 7.50. The molecule has 1 unspecified atom stereocenters. The van der Waals surface area contributed by atoms with Crippen LogP contribution in [-0.4, -0.2) is 74.0 Å². The summed E-state index contributed by atoms with van der Waals surface area (Å²) >= 11 is 0. The number of piperidine rings is 1. The van der Waals surface area contributed by atoms with E-state index in [-0.39, 0.29) is 18.4 Å². The summed E-state index contributed by atoms with van der Waals surface area (Å²) in [5.41, 5.74) is 0. The largest absolute Gasteiger partial charge is 0.352 e. The number of hydrogen-bond acceptors (Lipinski definition) is 4. The Morgan fingerprint density at radius 2 is 1.95 bits per heavy atom. The number of hydrogen-bond donors (Lipinski definition) is 2. The summed E-state index contributed by atoms with van der Waals surface area (Å²) in [5.74, 6) is -0.0469. The lowest BCUT2D eigenvalue weighted by Crippen LogP contribution is -2.49. The number of amides is 2. The van der Waals surface area contributed by atoms with Gasteiger partial charge in [-0.15, -0.1) is 0 Å². The molecule has 2 N–H and O–H groups in total. The maximum atomic E-state index is 12.1. The summed E-state index contributed by atoms with van der Waals surface area (Å²) in [4.78, 5) is 27.4. The molecule has 1 aliphatic carbocycles. The highest BCUT2D eigenvalue weighted by molar-refractivity contribution is 5.85. The highest BCUT2D eigenvalue weighted by Gasteiger charge is 2.25. The van der Waals surface area contributed by atoms with Crippen molar-refractivity contribution in [2.45, 2.75) is 37.8 Å². The van der Waals surface area contributed by atoms with Crippen molar-refractivity contribution in [2.24, 2.45) is 0 Å². The first kappa shape index (κ1) is 15.3. The molecular weight excluding hydrogens is 256 g/mol. The zero-order chi connectivity index (χ0) is 14.5. The van der Waals surface area contributed by atoms with Crippen LogP contribution in [-0.2, 0) is 9.59 Å². The van der Waals surface area contributed by atoms with Gasteiger partial charge < -0.3 is 15.5 Å². The number of nitrogens with one attached hydrogen (secondary N) is 2. The molecule has 2 rings (SSSR count). The minimum absolute atomic E-state index is 0.00372. The molecule has 2 aliphatic rings. The molecule has 0 radical (unpaired) electrons. The summed E-state index contributed by atoms with van der Waals surface area (Å²) in [7, 11) is 3.68. The molecule has 2 amide bonds. The Labute approximate surface area is 120 Å². The van der Waals surface area contributed by atoms with E-state index in [0.717, 1.165) is 38.8 Å². The van der Waals surface area contributed by atoms with Crippen LogP contribution in [0.15, 0.2) is 0 Å². The first-order chi connectivity index (χ1) is 9.56. The van der Waals surface area contributed by atoms with Crippen LogP contribution in [0.1, 0.15) is 25.7 Å². The van der Waals surface area contributed by atoms with Crippen molar-refractivity contribution in [1.82, 2.24) is 20.4 Å². The summed E-state index contributed by atoms with van der Waals surface area (Å²) in [6, 6.07) is 0.767. The fourth-order valence-electron chi connectivity index (χ4n) is 2.48. The predicted octanol–water partition coefficient (Wildman–Crippen LogP) is -0.593. The van der Waals surface area contributed by atoms with Gasteiger partial charge in [0.05, 0.1) is 13.1 Å². The molecule has 0 aromatic carbocycles. The van der Waals surface area contributed by atoms with Crippen LogP contribution in [0.2, 0.25) is 0 Å². The van der Waals surface area contributed by atoms with Crippen LogP contribution in [0.3, 0.4) is 0 Å². The van der Waals surface area contributed by atoms with Gasteiger partial charge in [0.1, 0.15) is 0 Å². The monoisotopic (exact) mass is 282 g/mol. The maximum absolute atomic E-state index is 12.1. The van der Waals surface area contributed by atoms with E-state index in [2.05, 4.69) is 15.5 Å². The number of carbonyl (C=O) groups excluding carboxylic acids is 2. The quantitative estimate of drug-likeness (QED) is 0.683. The SMILES string of the molecule is CN(CC(=O)NC1CC1)C(=O)CN(C)C1CCCNC1. The van der Waals surface area contributed by atoms with Gasteiger partial charge in [0.25, 0.3) is 0 Å². The Morgan fingerprint density at radius 1 is 1.20 bits per heavy atom. The van der Waals surface area contributed by atoms with Crippen molar-refractivity contribution in [3.63, 3.8) is 0 Å². The van der Waals surface area contributed by atoms with Gasteiger partial charge in [0.15, 0.2) is 0 Å². The van der Waals surface area contributed by atoms with E-state index in [1.807, 2.05) is 7.05 Å². The predicted molar refractivity (Wildman–Crippen MR) is 77.3 cm³/mol. The molecule has 2 fully saturated rings. The minimum Gasteiger partial charge on any atom is -0.352 e. The van der Waals surface area contributed by atoms with Gasteiger partial charge in [-0.2, -0.15) is 0 Å². The third kappa shape index (κ3) is 4.76. The zero-order valence-electron chi connectivity index (χ0n) is 12.5. The van der Waals surface area contributed by atoms with Gasteiger partial charge >= 0.3 is 0 Å². The van der Waals surface area contributed by atoms with Crippen molar-refractivity contribution in [3.05, 3.63) is 0 Å². The average molecular weight is 282 g/mol. The third-order valence-electron chi connectivity index (χ3n) is 4.03. The summed E-state index contributed by atoms with van der Waals surface area (Å²) < 4.78 is 0. The number of likely N-dealkylation sites (N-methyl/N-ethyl adjacent to an activating group) is 2. The van der Waals surface area contributed by atoms with Crippen LogP contribution >= 0.6 is 0 Å². The Morgan fingerprint density at radius 3 is 2.55 bits per heavy atom. The zero-order valence-corrected chi connectivity index (χ0v) is 12.5. The molecule has 0 spiro atoms. The van der Waals surface area contributed by atoms with Crippen molar-refractivity contribution in [3.8, 4) is 0 Å². The molecule has 1 aliphatic heterocycles. The first-order valence-corrected chi connectivity index (χ1v) is 7.50. The standard InChI is InChI=1S/C14H26N4O2/c1-17(12-4-3-7-15-8-12)10-14(20)18(2)9-13(19)16-11-5-6-11/h11-12,15H,3-10H2,1-2H3,(H,16,19). The molecule has 1 saturated heterocycles. The van der Waals surface area contributed by atoms with Gasteiger partial charge in [-0.3, -0.25) is 14.5 Å². The fraction of sp³-hybridized carbons (Fsp3) is 0.857. The second-order valence-electron chi connectivity index (χ2n) is 6.01. The van der Waals surface area contributed by atoms with Crippen LogP contribution in [0, 0.1) is 0 Å². The Bertz CT molecular complexity index is 351. The van der Waals surface area contributed by atoms with E-state index in [9.17, 15) is 9.59 Å². The van der Waals surface area contributed by atoms with Crippen LogP contribution in [0.5, 0.6) is 0 Å². The topological polar surface area (TPSA) is 64.7 Å². The normalized spacial score (nSPS) is 22.6. The summed E-state index contributed by atoms with van der Waals surface area (Å²) in [5, 5.41) is 6.25. The van der Waals surface area contributed by atoms with Gasteiger partial charge in [0.2, 0.25) is 11.8 Å². The second-order valence-corrected chi connectivity index (χ2v) is 6.01. The van der Waals surface area contributed by atoms with E-state index in [0.29, 0.717) is 18.6 Å². The van der Waals surface area contributed by atoms with E-state index < -0.39 is 0 Å². The van der Waals surface area contributed by atoms with Crippen LogP contribution in [0.4, 0.5) is 0 Å². The maximum Gasteiger partial charge on any atom is 0.239 e. The highest BCUT2D eigenvalue weighted by atomic mass is 16.2. The Hall–Kier alpha value is -1.14. The highest BCUT2D eigenvalue weighted by Crippen LogP contribution is 2.18. The van der Waals surface area contributed by atoms with Gasteiger partial charge in [-0.05, 0) is 39.3 Å². The fourth-order valence-corrected chi connectivity index (χ4v) is 2.48.